The van der Waals surface area contributed by atoms with Crippen LogP contribution < -0.4 is 0 Å². The Morgan fingerprint density at radius 2 is 1.68 bits per heavy atom. The highest BCUT2D eigenvalue weighted by Crippen LogP contribution is 2.49. The number of Topliss-reactive ketones (excluding diaryl/α,β-unsaturated/α-hetero) is 1. The maximum absolute atomic E-state index is 13.7. The van der Waals surface area contributed by atoms with Crippen molar-refractivity contribution in [3.63, 3.8) is 0 Å². The molecule has 1 rings (SSSR count). The van der Waals surface area contributed by atoms with Crippen LogP contribution in [-0.2, 0) is 33.4 Å². The summed E-state index contributed by atoms with van der Waals surface area (Å²) in [7, 11) is 0. The highest BCUT2D eigenvalue weighted by atomic mass is 16.5. The zero-order valence-electron chi connectivity index (χ0n) is 23.3. The summed E-state index contributed by atoms with van der Waals surface area (Å²) in [6.07, 6.45) is 11.9. The number of unbranched alkanes of at least 4 members (excludes halogenated alkanes) is 3. The summed E-state index contributed by atoms with van der Waals surface area (Å²) < 4.78 is 15.4. The van der Waals surface area contributed by atoms with Gasteiger partial charge >= 0.3 is 17.9 Å². The second-order valence-electron chi connectivity index (χ2n) is 9.75. The van der Waals surface area contributed by atoms with Crippen molar-refractivity contribution in [3.8, 4) is 0 Å². The summed E-state index contributed by atoms with van der Waals surface area (Å²) in [6, 6.07) is 0. The standard InChI is InChI=1S/C29H46O8/c1-6-10-14-18-28(5,34)20-17-22-21-23(26(32)36-8-3)25(31)29(22,27(33)37-9-4)19-15-12-11-13-16-24(30)35-7-2/h12,15,17,20,22-23,34H,6-11,13-14,16,18-19,21H2,1-5H3/t22-,23+,28?,29?/m1/s1. The molecule has 8 nitrogen and oxygen atoms in total. The number of carbonyl (C=O) groups excluding carboxylic acids is 4. The van der Waals surface area contributed by atoms with Crippen molar-refractivity contribution < 1.29 is 38.5 Å². The van der Waals surface area contributed by atoms with E-state index in [9.17, 15) is 24.3 Å². The Morgan fingerprint density at radius 1 is 1.00 bits per heavy atom. The summed E-state index contributed by atoms with van der Waals surface area (Å²) in [4.78, 5) is 51.2. The SMILES string of the molecule is CCCCCC(C)(O)C=C[C@@H]1C[C@H](C(=O)OCC)C(=O)C1(CC=CCCCC(=O)OCC)C(=O)OCC. The number of rotatable bonds is 17. The van der Waals surface area contributed by atoms with Gasteiger partial charge in [0.05, 0.1) is 25.4 Å². The Morgan fingerprint density at radius 3 is 2.30 bits per heavy atom. The van der Waals surface area contributed by atoms with Crippen LogP contribution in [0.3, 0.4) is 0 Å². The van der Waals surface area contributed by atoms with Crippen molar-refractivity contribution in [1.82, 2.24) is 0 Å². The van der Waals surface area contributed by atoms with Gasteiger partial charge in [-0.2, -0.15) is 0 Å². The molecule has 0 aromatic carbocycles. The number of allylic oxidation sites excluding steroid dienone is 3. The summed E-state index contributed by atoms with van der Waals surface area (Å²) in [5, 5.41) is 10.9. The maximum atomic E-state index is 13.7. The second kappa shape index (κ2) is 16.4. The fourth-order valence-corrected chi connectivity index (χ4v) is 4.72. The minimum atomic E-state index is -1.60. The van der Waals surface area contributed by atoms with E-state index in [4.69, 9.17) is 14.2 Å². The van der Waals surface area contributed by atoms with Gasteiger partial charge in [-0.25, -0.2) is 0 Å². The number of esters is 3. The lowest BCUT2D eigenvalue weighted by Gasteiger charge is -2.30. The van der Waals surface area contributed by atoms with Crippen molar-refractivity contribution in [3.05, 3.63) is 24.3 Å². The van der Waals surface area contributed by atoms with Gasteiger partial charge in [0.2, 0.25) is 0 Å². The van der Waals surface area contributed by atoms with Gasteiger partial charge in [0.25, 0.3) is 0 Å². The molecule has 1 aliphatic rings. The molecule has 0 radical (unpaired) electrons. The Balaban J connectivity index is 3.24. The molecule has 1 N–H and O–H groups in total. The van der Waals surface area contributed by atoms with Gasteiger partial charge in [-0.3, -0.25) is 19.2 Å². The van der Waals surface area contributed by atoms with E-state index in [1.807, 2.05) is 6.08 Å². The van der Waals surface area contributed by atoms with Crippen LogP contribution in [-0.4, -0.2) is 54.2 Å². The molecule has 210 valence electrons. The Hall–Kier alpha value is -2.48. The molecule has 0 bridgehead atoms. The number of hydrogen-bond acceptors (Lipinski definition) is 8. The van der Waals surface area contributed by atoms with Gasteiger partial charge in [-0.1, -0.05) is 50.5 Å². The molecule has 37 heavy (non-hydrogen) atoms. The average molecular weight is 523 g/mol. The van der Waals surface area contributed by atoms with Gasteiger partial charge in [0, 0.05) is 12.3 Å². The monoisotopic (exact) mass is 522 g/mol. The van der Waals surface area contributed by atoms with Crippen LogP contribution in [0, 0.1) is 17.3 Å². The summed E-state index contributed by atoms with van der Waals surface area (Å²) in [5.41, 5.74) is -2.70. The van der Waals surface area contributed by atoms with Crippen LogP contribution in [0.25, 0.3) is 0 Å². The quantitative estimate of drug-likeness (QED) is 0.0945. The van der Waals surface area contributed by atoms with Gasteiger partial charge in [0.1, 0.15) is 11.3 Å². The lowest BCUT2D eigenvalue weighted by molar-refractivity contribution is -0.162. The zero-order chi connectivity index (χ0) is 27.9. The molecule has 1 aliphatic carbocycles. The third-order valence-electron chi connectivity index (χ3n) is 6.73. The Labute approximate surface area is 221 Å². The van der Waals surface area contributed by atoms with Crippen molar-refractivity contribution in [2.45, 2.75) is 98.0 Å². The molecule has 4 atom stereocenters. The molecule has 8 heteroatoms. The minimum Gasteiger partial charge on any atom is -0.466 e. The highest BCUT2D eigenvalue weighted by Gasteiger charge is 2.61. The number of carbonyl (C=O) groups is 4. The highest BCUT2D eigenvalue weighted by molar-refractivity contribution is 6.14. The topological polar surface area (TPSA) is 116 Å². The first kappa shape index (κ1) is 32.5. The van der Waals surface area contributed by atoms with Crippen LogP contribution in [0.15, 0.2) is 24.3 Å². The molecular formula is C29H46O8. The number of aliphatic hydroxyl groups is 1. The third-order valence-corrected chi connectivity index (χ3v) is 6.73. The molecule has 0 aliphatic heterocycles. The van der Waals surface area contributed by atoms with E-state index in [-0.39, 0.29) is 38.4 Å². The normalized spacial score (nSPS) is 23.4. The maximum Gasteiger partial charge on any atom is 0.320 e. The summed E-state index contributed by atoms with van der Waals surface area (Å²) in [6.45, 7) is 9.43. The van der Waals surface area contributed by atoms with E-state index < -0.39 is 40.6 Å². The molecular weight excluding hydrogens is 476 g/mol. The number of hydrogen-bond donors (Lipinski definition) is 1. The first-order chi connectivity index (χ1) is 17.6. The van der Waals surface area contributed by atoms with E-state index in [2.05, 4.69) is 6.92 Å². The molecule has 0 aromatic rings. The van der Waals surface area contributed by atoms with E-state index in [1.54, 1.807) is 45.9 Å². The van der Waals surface area contributed by atoms with Crippen LogP contribution >= 0.6 is 0 Å². The summed E-state index contributed by atoms with van der Waals surface area (Å²) in [5.74, 6) is -3.83. The number of ketones is 1. The molecule has 0 amide bonds. The average Bonchev–Trinajstić information content (AvgIpc) is 3.13. The fraction of sp³-hybridized carbons (Fsp3) is 0.724. The first-order valence-electron chi connectivity index (χ1n) is 13.7. The predicted octanol–water partition coefficient (Wildman–Crippen LogP) is 4.87. The number of ether oxygens (including phenoxy) is 3. The minimum absolute atomic E-state index is 0.0486. The first-order valence-corrected chi connectivity index (χ1v) is 13.7. The zero-order valence-corrected chi connectivity index (χ0v) is 23.3. The third kappa shape index (κ3) is 9.72. The predicted molar refractivity (Wildman–Crippen MR) is 140 cm³/mol. The molecule has 0 heterocycles. The second-order valence-corrected chi connectivity index (χ2v) is 9.75. The lowest BCUT2D eigenvalue weighted by atomic mass is 9.73. The van der Waals surface area contributed by atoms with Gasteiger partial charge in [0.15, 0.2) is 5.78 Å². The van der Waals surface area contributed by atoms with Crippen molar-refractivity contribution >= 4 is 23.7 Å². The molecule has 0 saturated heterocycles. The largest absolute Gasteiger partial charge is 0.466 e. The molecule has 2 unspecified atom stereocenters. The van der Waals surface area contributed by atoms with Gasteiger partial charge < -0.3 is 19.3 Å². The van der Waals surface area contributed by atoms with E-state index >= 15 is 0 Å². The smallest absolute Gasteiger partial charge is 0.320 e. The fourth-order valence-electron chi connectivity index (χ4n) is 4.72. The van der Waals surface area contributed by atoms with E-state index in [1.165, 1.54) is 0 Å². The van der Waals surface area contributed by atoms with Crippen LogP contribution in [0.4, 0.5) is 0 Å². The van der Waals surface area contributed by atoms with Crippen LogP contribution in [0.1, 0.15) is 92.4 Å². The van der Waals surface area contributed by atoms with E-state index in [0.717, 1.165) is 19.3 Å². The van der Waals surface area contributed by atoms with Crippen molar-refractivity contribution in [1.29, 1.82) is 0 Å². The molecule has 0 aromatic heterocycles. The van der Waals surface area contributed by atoms with Crippen LogP contribution in [0.5, 0.6) is 0 Å². The van der Waals surface area contributed by atoms with Crippen molar-refractivity contribution in [2.75, 3.05) is 19.8 Å². The molecule has 1 fully saturated rings. The Kier molecular flexibility index (Phi) is 14.4. The van der Waals surface area contributed by atoms with Gasteiger partial charge in [-0.15, -0.1) is 0 Å². The van der Waals surface area contributed by atoms with E-state index in [0.29, 0.717) is 25.9 Å². The van der Waals surface area contributed by atoms with Crippen molar-refractivity contribution in [2.24, 2.45) is 17.3 Å². The molecule has 0 spiro atoms. The Bertz CT molecular complexity index is 813. The summed E-state index contributed by atoms with van der Waals surface area (Å²) >= 11 is 0. The van der Waals surface area contributed by atoms with Crippen LogP contribution in [0.2, 0.25) is 0 Å². The molecule has 1 saturated carbocycles. The van der Waals surface area contributed by atoms with Gasteiger partial charge in [-0.05, 0) is 59.8 Å². The lowest BCUT2D eigenvalue weighted by Crippen LogP contribution is -2.43.